The second-order valence-electron chi connectivity index (χ2n) is 5.04. The van der Waals surface area contributed by atoms with Gasteiger partial charge in [0.2, 0.25) is 0 Å². The number of ether oxygens (including phenoxy) is 1. The van der Waals surface area contributed by atoms with Crippen LogP contribution < -0.4 is 0 Å². The molecule has 0 saturated heterocycles. The highest BCUT2D eigenvalue weighted by Gasteiger charge is 2.90. The molecule has 0 unspecified atom stereocenters. The van der Waals surface area contributed by atoms with Crippen molar-refractivity contribution in [2.75, 3.05) is 6.61 Å². The topological polar surface area (TPSA) is 26.3 Å². The fourth-order valence-electron chi connectivity index (χ4n) is 1.33. The number of hydrogen-bond donors (Lipinski definition) is 0. The Morgan fingerprint density at radius 2 is 1.23 bits per heavy atom. The van der Waals surface area contributed by atoms with Crippen LogP contribution in [0.2, 0.25) is 0 Å². The third-order valence-corrected chi connectivity index (χ3v) is 2.94. The Morgan fingerprint density at radius 1 is 0.767 bits per heavy atom. The molecule has 0 N–H and O–H groups in total. The van der Waals surface area contributed by atoms with Crippen LogP contribution in [0.4, 0.5) is 57.1 Å². The maximum atomic E-state index is 13.3. The van der Waals surface area contributed by atoms with E-state index in [2.05, 4.69) is 11.3 Å². The largest absolute Gasteiger partial charge is 0.462 e. The van der Waals surface area contributed by atoms with Crippen LogP contribution >= 0.6 is 0 Å². The average Bonchev–Trinajstić information content (AvgIpc) is 2.58. The highest BCUT2D eigenvalue weighted by atomic mass is 19.4. The summed E-state index contributed by atoms with van der Waals surface area (Å²) in [4.78, 5) is 10.6. The van der Waals surface area contributed by atoms with Gasteiger partial charge in [0.25, 0.3) is 0 Å². The minimum Gasteiger partial charge on any atom is -0.462 e. The number of hydrogen-bond acceptors (Lipinski definition) is 2. The Morgan fingerprint density at radius 3 is 1.67 bits per heavy atom. The Bertz CT molecular complexity index is 772. The Hall–Kier alpha value is -2.58. The molecular formula is C15H7F13O2. The van der Waals surface area contributed by atoms with Gasteiger partial charge in [0.15, 0.2) is 0 Å². The average molecular weight is 466 g/mol. The first-order valence-electron chi connectivity index (χ1n) is 6.95. The molecule has 0 radical (unpaired) electrons. The monoisotopic (exact) mass is 466 g/mol. The van der Waals surface area contributed by atoms with Crippen LogP contribution in [0.5, 0.6) is 0 Å². The van der Waals surface area contributed by atoms with Crippen LogP contribution in [0.3, 0.4) is 0 Å². The lowest BCUT2D eigenvalue weighted by atomic mass is 9.94. The molecular weight excluding hydrogens is 459 g/mol. The summed E-state index contributed by atoms with van der Waals surface area (Å²) < 4.78 is 170. The van der Waals surface area contributed by atoms with Gasteiger partial charge in [-0.1, -0.05) is 12.5 Å². The molecule has 0 aromatic carbocycles. The maximum Gasteiger partial charge on any atom is 0.460 e. The second-order valence-corrected chi connectivity index (χ2v) is 5.04. The van der Waals surface area contributed by atoms with Crippen LogP contribution in [-0.2, 0) is 9.53 Å². The van der Waals surface area contributed by atoms with Gasteiger partial charge in [-0.25, -0.2) is 4.79 Å². The van der Waals surface area contributed by atoms with Gasteiger partial charge in [0.1, 0.15) is 6.61 Å². The Labute approximate surface area is 159 Å². The van der Waals surface area contributed by atoms with Crippen molar-refractivity contribution in [2.45, 2.75) is 42.2 Å². The molecule has 15 heteroatoms. The molecule has 0 heterocycles. The lowest BCUT2D eigenvalue weighted by Gasteiger charge is -2.38. The molecule has 0 aliphatic rings. The quantitative estimate of drug-likeness (QED) is 0.176. The van der Waals surface area contributed by atoms with Gasteiger partial charge in [0, 0.05) is 12.5 Å². The van der Waals surface area contributed by atoms with Crippen molar-refractivity contribution < 1.29 is 66.6 Å². The van der Waals surface area contributed by atoms with Crippen molar-refractivity contribution in [3.05, 3.63) is 12.7 Å². The number of alkyl halides is 13. The van der Waals surface area contributed by atoms with E-state index < -0.39 is 54.8 Å². The van der Waals surface area contributed by atoms with E-state index in [0.717, 1.165) is 5.92 Å². The van der Waals surface area contributed by atoms with Gasteiger partial charge in [-0.3, -0.25) is 0 Å². The number of carbonyl (C=O) groups is 1. The molecule has 0 aromatic rings. The van der Waals surface area contributed by atoms with Gasteiger partial charge in [0.05, 0.1) is 0 Å². The smallest absolute Gasteiger partial charge is 0.460 e. The fourth-order valence-corrected chi connectivity index (χ4v) is 1.33. The summed E-state index contributed by atoms with van der Waals surface area (Å²) in [5.41, 5.74) is 0. The lowest BCUT2D eigenvalue weighted by molar-refractivity contribution is -0.435. The van der Waals surface area contributed by atoms with E-state index in [4.69, 9.17) is 0 Å². The van der Waals surface area contributed by atoms with Crippen molar-refractivity contribution in [2.24, 2.45) is 0 Å². The van der Waals surface area contributed by atoms with E-state index in [-0.39, 0.29) is 5.92 Å². The number of rotatable bonds is 7. The molecule has 0 rings (SSSR count). The van der Waals surface area contributed by atoms with E-state index in [1.165, 1.54) is 5.92 Å². The van der Waals surface area contributed by atoms with Crippen LogP contribution in [0.25, 0.3) is 0 Å². The van der Waals surface area contributed by atoms with E-state index >= 15 is 0 Å². The summed E-state index contributed by atoms with van der Waals surface area (Å²) in [6.45, 7) is 2.51. The van der Waals surface area contributed by atoms with Gasteiger partial charge in [-0.05, 0) is 17.8 Å². The molecule has 0 saturated carbocycles. The predicted molar refractivity (Wildman–Crippen MR) is 72.1 cm³/mol. The SMILES string of the molecule is C=CC(=O)OCCC#CC#CC(F)(F)C(F)(F)C(F)(F)C(F)(F)C(F)(F)C(F)(F)F. The van der Waals surface area contributed by atoms with Crippen molar-refractivity contribution in [1.82, 2.24) is 0 Å². The minimum absolute atomic E-state index is 0.00817. The molecule has 0 aliphatic carbocycles. The first-order chi connectivity index (χ1) is 13.2. The summed E-state index contributed by atoms with van der Waals surface area (Å²) in [5, 5.41) is 0. The van der Waals surface area contributed by atoms with Gasteiger partial charge >= 0.3 is 41.8 Å². The molecule has 170 valence electrons. The minimum atomic E-state index is -7.98. The number of esters is 1. The van der Waals surface area contributed by atoms with Crippen molar-refractivity contribution in [1.29, 1.82) is 0 Å². The molecule has 0 amide bonds. The highest BCUT2D eigenvalue weighted by Crippen LogP contribution is 2.60. The third kappa shape index (κ3) is 4.94. The summed E-state index contributed by atoms with van der Waals surface area (Å²) in [7, 11) is 0. The van der Waals surface area contributed by atoms with Crippen LogP contribution in [0.1, 0.15) is 6.42 Å². The summed E-state index contributed by atoms with van der Waals surface area (Å²) in [6.07, 6.45) is -7.21. The molecule has 30 heavy (non-hydrogen) atoms. The Balaban J connectivity index is 5.75. The zero-order chi connectivity index (χ0) is 24.2. The van der Waals surface area contributed by atoms with Gasteiger partial charge < -0.3 is 4.74 Å². The number of halogens is 13. The van der Waals surface area contributed by atoms with Gasteiger partial charge in [-0.2, -0.15) is 57.1 Å². The van der Waals surface area contributed by atoms with Gasteiger partial charge in [-0.15, -0.1) is 0 Å². The van der Waals surface area contributed by atoms with Crippen LogP contribution in [0, 0.1) is 23.7 Å². The zero-order valence-corrected chi connectivity index (χ0v) is 13.9. The van der Waals surface area contributed by atoms with Crippen LogP contribution in [0.15, 0.2) is 12.7 Å². The highest BCUT2D eigenvalue weighted by molar-refractivity contribution is 5.81. The molecule has 0 bridgehead atoms. The lowest BCUT2D eigenvalue weighted by Crippen LogP contribution is -2.69. The molecule has 0 atom stereocenters. The zero-order valence-electron chi connectivity index (χ0n) is 13.9. The second kappa shape index (κ2) is 8.65. The fraction of sp³-hybridized carbons (Fsp3) is 0.533. The first kappa shape index (κ1) is 27.4. The molecule has 0 aromatic heterocycles. The maximum absolute atomic E-state index is 13.3. The van der Waals surface area contributed by atoms with Crippen molar-refractivity contribution in [3.63, 3.8) is 0 Å². The summed E-state index contributed by atoms with van der Waals surface area (Å²) >= 11 is 0. The predicted octanol–water partition coefficient (Wildman–Crippen LogP) is 4.85. The standard InChI is InChI=1S/C15H7F13O2/c1-2-9(29)30-8-6-4-3-5-7-10(16,17)11(18,19)12(20,21)13(22,23)14(24,25)15(26,27)28/h2H,1,6,8H2. The molecule has 0 aliphatic heterocycles. The van der Waals surface area contributed by atoms with Crippen molar-refractivity contribution in [3.8, 4) is 23.7 Å². The summed E-state index contributed by atoms with van der Waals surface area (Å²) in [5.74, 6) is -34.6. The third-order valence-electron chi connectivity index (χ3n) is 2.94. The summed E-state index contributed by atoms with van der Waals surface area (Å²) in [6, 6.07) is 0. The van der Waals surface area contributed by atoms with Crippen molar-refractivity contribution >= 4 is 5.97 Å². The van der Waals surface area contributed by atoms with Crippen LogP contribution in [-0.4, -0.2) is 48.4 Å². The van der Waals surface area contributed by atoms with E-state index in [0.29, 0.717) is 6.08 Å². The normalized spacial score (nSPS) is 13.5. The van der Waals surface area contributed by atoms with E-state index in [1.54, 1.807) is 5.92 Å². The molecule has 2 nitrogen and oxygen atoms in total. The Kier molecular flexibility index (Phi) is 7.91. The molecule has 0 spiro atoms. The van der Waals surface area contributed by atoms with E-state index in [1.807, 2.05) is 0 Å². The molecule has 0 fully saturated rings. The number of carbonyl (C=O) groups excluding carboxylic acids is 1. The van der Waals surface area contributed by atoms with E-state index in [9.17, 15) is 61.9 Å². The first-order valence-corrected chi connectivity index (χ1v) is 6.95.